The maximum atomic E-state index is 12.6. The number of nitrogens with one attached hydrogen (secondary N) is 2. The molecule has 0 spiro atoms. The fourth-order valence-corrected chi connectivity index (χ4v) is 2.81. The van der Waals surface area contributed by atoms with Crippen LogP contribution in [0, 0.1) is 6.92 Å². The summed E-state index contributed by atoms with van der Waals surface area (Å²) in [5.74, 6) is 0.954. The highest BCUT2D eigenvalue weighted by Gasteiger charge is 2.25. The normalized spacial score (nSPS) is 15.5. The molecule has 0 bridgehead atoms. The molecule has 1 aliphatic heterocycles. The van der Waals surface area contributed by atoms with Crippen LogP contribution in [0.25, 0.3) is 0 Å². The summed E-state index contributed by atoms with van der Waals surface area (Å²) in [5.41, 5.74) is 0.186. The number of carbonyl (C=O) groups excluding carboxylic acids is 2. The molecule has 26 heavy (non-hydrogen) atoms. The van der Waals surface area contributed by atoms with Crippen molar-refractivity contribution in [1.82, 2.24) is 20.2 Å². The van der Waals surface area contributed by atoms with E-state index in [9.17, 15) is 9.59 Å². The van der Waals surface area contributed by atoms with E-state index < -0.39 is 0 Å². The van der Waals surface area contributed by atoms with Gasteiger partial charge in [0.15, 0.2) is 0 Å². The number of carbonyl (C=O) groups is 2. The third-order valence-electron chi connectivity index (χ3n) is 3.93. The lowest BCUT2D eigenvalue weighted by molar-refractivity contribution is 0.0856. The fourth-order valence-electron chi connectivity index (χ4n) is 2.81. The van der Waals surface area contributed by atoms with Crippen LogP contribution in [0.2, 0.25) is 0 Å². The highest BCUT2D eigenvalue weighted by Crippen LogP contribution is 2.15. The van der Waals surface area contributed by atoms with Crippen LogP contribution in [0.1, 0.15) is 56.8 Å². The van der Waals surface area contributed by atoms with Crippen LogP contribution in [0.3, 0.4) is 0 Å². The number of rotatable bonds is 4. The van der Waals surface area contributed by atoms with Gasteiger partial charge >= 0.3 is 6.09 Å². The molecular weight excluding hydrogens is 334 g/mol. The quantitative estimate of drug-likeness (QED) is 0.852. The molecule has 1 aromatic heterocycles. The Balaban J connectivity index is 1.95. The second-order valence-corrected chi connectivity index (χ2v) is 7.49. The van der Waals surface area contributed by atoms with Gasteiger partial charge in [-0.3, -0.25) is 4.79 Å². The van der Waals surface area contributed by atoms with Crippen molar-refractivity contribution in [3.05, 3.63) is 17.6 Å². The first kappa shape index (κ1) is 19.9. The van der Waals surface area contributed by atoms with E-state index in [4.69, 9.17) is 4.74 Å². The summed E-state index contributed by atoms with van der Waals surface area (Å²) in [4.78, 5) is 34.6. The number of amides is 2. The maximum Gasteiger partial charge on any atom is 0.409 e. The molecule has 1 fully saturated rings. The number of ether oxygens (including phenoxy) is 1. The Labute approximate surface area is 154 Å². The number of aryl methyl sites for hydroxylation is 1. The van der Waals surface area contributed by atoms with E-state index >= 15 is 0 Å². The summed E-state index contributed by atoms with van der Waals surface area (Å²) in [6, 6.07) is 1.68. The Kier molecular flexibility index (Phi) is 6.39. The van der Waals surface area contributed by atoms with Crippen molar-refractivity contribution in [3.63, 3.8) is 0 Å². The van der Waals surface area contributed by atoms with Gasteiger partial charge in [-0.1, -0.05) is 0 Å². The lowest BCUT2D eigenvalue weighted by atomic mass is 10.1. The van der Waals surface area contributed by atoms with Gasteiger partial charge in [-0.05, 0) is 47.5 Å². The topological polar surface area (TPSA) is 96.5 Å². The predicted molar refractivity (Wildman–Crippen MR) is 99.2 cm³/mol. The number of hydrogen-bond acceptors (Lipinski definition) is 6. The smallest absolute Gasteiger partial charge is 0.409 e. The van der Waals surface area contributed by atoms with Crippen LogP contribution in [-0.4, -0.2) is 58.1 Å². The predicted octanol–water partition coefficient (Wildman–Crippen LogP) is 2.35. The van der Waals surface area contributed by atoms with E-state index in [1.165, 1.54) is 0 Å². The lowest BCUT2D eigenvalue weighted by Gasteiger charge is -2.31. The zero-order chi connectivity index (χ0) is 19.3. The van der Waals surface area contributed by atoms with Crippen molar-refractivity contribution in [3.8, 4) is 0 Å². The molecule has 0 aliphatic carbocycles. The summed E-state index contributed by atoms with van der Waals surface area (Å²) in [6.45, 7) is 11.2. The number of likely N-dealkylation sites (tertiary alicyclic amines) is 1. The molecule has 2 N–H and O–H groups in total. The molecule has 1 aliphatic rings. The Morgan fingerprint density at radius 3 is 2.50 bits per heavy atom. The average Bonchev–Trinajstić information content (AvgIpc) is 2.53. The van der Waals surface area contributed by atoms with Gasteiger partial charge < -0.3 is 20.3 Å². The molecule has 1 aromatic rings. The molecule has 2 rings (SSSR count). The first-order chi connectivity index (χ1) is 12.2. The zero-order valence-corrected chi connectivity index (χ0v) is 16.3. The first-order valence-corrected chi connectivity index (χ1v) is 9.04. The second kappa shape index (κ2) is 8.33. The largest absolute Gasteiger partial charge is 0.450 e. The van der Waals surface area contributed by atoms with Gasteiger partial charge in [0.2, 0.25) is 0 Å². The van der Waals surface area contributed by atoms with Crippen molar-refractivity contribution in [1.29, 1.82) is 0 Å². The minimum Gasteiger partial charge on any atom is -0.450 e. The van der Waals surface area contributed by atoms with E-state index in [-0.39, 0.29) is 23.6 Å². The molecule has 2 heterocycles. The monoisotopic (exact) mass is 363 g/mol. The van der Waals surface area contributed by atoms with Crippen molar-refractivity contribution < 1.29 is 14.3 Å². The molecule has 2 amide bonds. The Bertz CT molecular complexity index is 649. The van der Waals surface area contributed by atoms with Crippen LogP contribution >= 0.6 is 0 Å². The van der Waals surface area contributed by atoms with Crippen LogP contribution in [-0.2, 0) is 4.74 Å². The van der Waals surface area contributed by atoms with E-state index in [0.29, 0.717) is 49.9 Å². The summed E-state index contributed by atoms with van der Waals surface area (Å²) in [7, 11) is 0. The lowest BCUT2D eigenvalue weighted by Crippen LogP contribution is -2.46. The molecular formula is C18H29N5O3. The summed E-state index contributed by atoms with van der Waals surface area (Å²) >= 11 is 0. The summed E-state index contributed by atoms with van der Waals surface area (Å²) in [5, 5.41) is 6.27. The van der Waals surface area contributed by atoms with Crippen molar-refractivity contribution in [2.24, 2.45) is 0 Å². The molecule has 0 aromatic carbocycles. The molecule has 0 saturated carbocycles. The maximum absolute atomic E-state index is 12.6. The number of aromatic nitrogens is 2. The molecule has 0 radical (unpaired) electrons. The zero-order valence-electron chi connectivity index (χ0n) is 16.3. The molecule has 144 valence electrons. The minimum absolute atomic E-state index is 0.0162. The van der Waals surface area contributed by atoms with Gasteiger partial charge in [0.25, 0.3) is 5.91 Å². The van der Waals surface area contributed by atoms with Gasteiger partial charge in [0.05, 0.1) is 6.61 Å². The van der Waals surface area contributed by atoms with Crippen LogP contribution < -0.4 is 10.6 Å². The van der Waals surface area contributed by atoms with Gasteiger partial charge in [0, 0.05) is 30.7 Å². The van der Waals surface area contributed by atoms with Gasteiger partial charge in [-0.25, -0.2) is 14.8 Å². The van der Waals surface area contributed by atoms with E-state index in [2.05, 4.69) is 20.6 Å². The Morgan fingerprint density at radius 1 is 1.27 bits per heavy atom. The van der Waals surface area contributed by atoms with Gasteiger partial charge in [-0.15, -0.1) is 0 Å². The van der Waals surface area contributed by atoms with Crippen LogP contribution in [0.15, 0.2) is 6.07 Å². The Morgan fingerprint density at radius 2 is 1.92 bits per heavy atom. The van der Waals surface area contributed by atoms with Gasteiger partial charge in [-0.2, -0.15) is 0 Å². The SMILES string of the molecule is CCOC(=O)N1CCC(NC(=O)c2cc(NC(C)(C)C)nc(C)n2)CC1. The first-order valence-electron chi connectivity index (χ1n) is 9.04. The molecule has 0 unspecified atom stereocenters. The standard InChI is InChI=1S/C18H29N5O3/c1-6-26-17(25)23-9-7-13(8-10-23)21-16(24)14-11-15(20-12(2)19-14)22-18(3,4)5/h11,13H,6-10H2,1-5H3,(H,21,24)(H,19,20,22). The van der Waals surface area contributed by atoms with E-state index in [0.717, 1.165) is 0 Å². The summed E-state index contributed by atoms with van der Waals surface area (Å²) in [6.07, 6.45) is 1.10. The minimum atomic E-state index is -0.290. The van der Waals surface area contributed by atoms with E-state index in [1.54, 1.807) is 24.8 Å². The second-order valence-electron chi connectivity index (χ2n) is 7.49. The van der Waals surface area contributed by atoms with Crippen LogP contribution in [0.5, 0.6) is 0 Å². The van der Waals surface area contributed by atoms with Crippen molar-refractivity contribution >= 4 is 17.8 Å². The number of anilines is 1. The third kappa shape index (κ3) is 5.86. The highest BCUT2D eigenvalue weighted by atomic mass is 16.6. The molecule has 8 heteroatoms. The van der Waals surface area contributed by atoms with Crippen LogP contribution in [0.4, 0.5) is 10.6 Å². The third-order valence-corrected chi connectivity index (χ3v) is 3.93. The molecule has 8 nitrogen and oxygen atoms in total. The summed E-state index contributed by atoms with van der Waals surface area (Å²) < 4.78 is 5.01. The molecule has 0 atom stereocenters. The average molecular weight is 363 g/mol. The van der Waals surface area contributed by atoms with Crippen molar-refractivity contribution in [2.75, 3.05) is 25.0 Å². The fraction of sp³-hybridized carbons (Fsp3) is 0.667. The molecule has 1 saturated heterocycles. The Hall–Kier alpha value is -2.38. The highest BCUT2D eigenvalue weighted by molar-refractivity contribution is 5.93. The van der Waals surface area contributed by atoms with E-state index in [1.807, 2.05) is 20.8 Å². The van der Waals surface area contributed by atoms with Gasteiger partial charge in [0.1, 0.15) is 17.3 Å². The number of piperidine rings is 1. The van der Waals surface area contributed by atoms with Crippen molar-refractivity contribution in [2.45, 2.75) is 59.0 Å². The number of nitrogens with zero attached hydrogens (tertiary/aromatic N) is 3. The number of hydrogen-bond donors (Lipinski definition) is 2.